The van der Waals surface area contributed by atoms with Gasteiger partial charge in [0.15, 0.2) is 0 Å². The zero-order chi connectivity index (χ0) is 29.5. The number of hydrogen-bond acceptors (Lipinski definition) is 1. The van der Waals surface area contributed by atoms with Gasteiger partial charge in [0.2, 0.25) is 0 Å². The lowest BCUT2D eigenvalue weighted by Crippen LogP contribution is -2.09. The van der Waals surface area contributed by atoms with Crippen LogP contribution in [0, 0.1) is 0 Å². The Hall–Kier alpha value is -5.60. The summed E-state index contributed by atoms with van der Waals surface area (Å²) in [6.45, 7) is 3.17. The summed E-state index contributed by atoms with van der Waals surface area (Å²) in [5.41, 5.74) is 8.36. The van der Waals surface area contributed by atoms with E-state index in [0.717, 1.165) is 23.6 Å². The molecule has 2 nitrogen and oxygen atoms in total. The molecule has 210 valence electrons. The highest BCUT2D eigenvalue weighted by Crippen LogP contribution is 2.38. The Morgan fingerprint density at radius 3 is 1.64 bits per heavy atom. The first kappa shape index (κ1) is 26.1. The largest absolute Gasteiger partial charge is 0.341 e. The maximum atomic E-state index is 2.41. The lowest BCUT2D eigenvalue weighted by atomic mass is 10.1. The summed E-state index contributed by atoms with van der Waals surface area (Å²) >= 11 is 0. The highest BCUT2D eigenvalue weighted by molar-refractivity contribution is 6.08. The smallest absolute Gasteiger partial charge is 0.0497 e. The molecule has 0 fully saturated rings. The number of benzene rings is 7. The molecule has 1 heterocycles. The number of para-hydroxylation sites is 1. The predicted molar refractivity (Wildman–Crippen MR) is 190 cm³/mol. The second-order valence-corrected chi connectivity index (χ2v) is 11.4. The van der Waals surface area contributed by atoms with E-state index in [1.807, 2.05) is 0 Å². The second kappa shape index (κ2) is 10.9. The van der Waals surface area contributed by atoms with Crippen molar-refractivity contribution in [2.75, 3.05) is 4.90 Å². The van der Waals surface area contributed by atoms with Gasteiger partial charge in [0, 0.05) is 45.4 Å². The Morgan fingerprint density at radius 1 is 0.455 bits per heavy atom. The lowest BCUT2D eigenvalue weighted by Gasteiger charge is -2.26. The van der Waals surface area contributed by atoms with Crippen LogP contribution in [0.25, 0.3) is 55.5 Å². The third kappa shape index (κ3) is 4.62. The molecule has 0 saturated carbocycles. The van der Waals surface area contributed by atoms with Gasteiger partial charge in [-0.2, -0.15) is 0 Å². The third-order valence-electron chi connectivity index (χ3n) is 8.72. The van der Waals surface area contributed by atoms with Crippen molar-refractivity contribution >= 4 is 72.6 Å². The van der Waals surface area contributed by atoms with E-state index in [-0.39, 0.29) is 0 Å². The number of hydrogen-bond donors (Lipinski definition) is 0. The number of aryl methyl sites for hydroxylation is 1. The molecule has 44 heavy (non-hydrogen) atoms. The van der Waals surface area contributed by atoms with E-state index >= 15 is 0 Å². The van der Waals surface area contributed by atoms with Crippen LogP contribution in [-0.4, -0.2) is 4.57 Å². The monoisotopic (exact) mass is 564 g/mol. The fraction of sp³-hybridized carbons (Fsp3) is 0.0476. The van der Waals surface area contributed by atoms with Crippen molar-refractivity contribution in [3.63, 3.8) is 0 Å². The molecule has 7 aromatic carbocycles. The molecule has 0 amide bonds. The molecular weight excluding hydrogens is 532 g/mol. The SMILES string of the molecule is CCn1c2ccccc2c2ccc(/C=C/c3ccc(N(c4ccc5ccccc5c4)c4ccc5ccccc5c4)cc3)cc21. The van der Waals surface area contributed by atoms with Crippen LogP contribution in [0.3, 0.4) is 0 Å². The molecule has 0 radical (unpaired) electrons. The van der Waals surface area contributed by atoms with E-state index in [4.69, 9.17) is 0 Å². The van der Waals surface area contributed by atoms with Crippen LogP contribution in [0.5, 0.6) is 0 Å². The van der Waals surface area contributed by atoms with Crippen molar-refractivity contribution < 1.29 is 0 Å². The van der Waals surface area contributed by atoms with Gasteiger partial charge < -0.3 is 9.47 Å². The van der Waals surface area contributed by atoms with Gasteiger partial charge >= 0.3 is 0 Å². The molecule has 0 N–H and O–H groups in total. The van der Waals surface area contributed by atoms with Gasteiger partial charge in [-0.15, -0.1) is 0 Å². The van der Waals surface area contributed by atoms with Gasteiger partial charge in [-0.05, 0) is 88.1 Å². The summed E-state index contributed by atoms with van der Waals surface area (Å²) in [5.74, 6) is 0. The minimum atomic E-state index is 0.948. The van der Waals surface area contributed by atoms with Crippen LogP contribution in [0.4, 0.5) is 17.1 Å². The highest BCUT2D eigenvalue weighted by Gasteiger charge is 2.14. The molecule has 0 saturated heterocycles. The highest BCUT2D eigenvalue weighted by atomic mass is 15.1. The molecule has 8 rings (SSSR count). The first-order valence-electron chi connectivity index (χ1n) is 15.3. The van der Waals surface area contributed by atoms with E-state index in [9.17, 15) is 0 Å². The van der Waals surface area contributed by atoms with E-state index in [2.05, 4.69) is 180 Å². The van der Waals surface area contributed by atoms with Crippen molar-refractivity contribution in [1.82, 2.24) is 4.57 Å². The molecule has 0 aliphatic heterocycles. The fourth-order valence-electron chi connectivity index (χ4n) is 6.52. The molecule has 2 heteroatoms. The van der Waals surface area contributed by atoms with Gasteiger partial charge in [0.25, 0.3) is 0 Å². The van der Waals surface area contributed by atoms with Gasteiger partial charge in [-0.1, -0.05) is 115 Å². The van der Waals surface area contributed by atoms with Crippen molar-refractivity contribution in [1.29, 1.82) is 0 Å². The number of anilines is 3. The Labute approximate surface area is 257 Å². The zero-order valence-electron chi connectivity index (χ0n) is 24.7. The Morgan fingerprint density at radius 2 is 0.977 bits per heavy atom. The molecule has 8 aromatic rings. The van der Waals surface area contributed by atoms with Gasteiger partial charge in [0.1, 0.15) is 0 Å². The summed E-state index contributed by atoms with van der Waals surface area (Å²) in [6, 6.07) is 54.9. The van der Waals surface area contributed by atoms with E-state index in [1.54, 1.807) is 0 Å². The number of rotatable bonds is 6. The molecule has 0 atom stereocenters. The summed E-state index contributed by atoms with van der Waals surface area (Å²) in [6.07, 6.45) is 4.43. The van der Waals surface area contributed by atoms with Crippen LogP contribution >= 0.6 is 0 Å². The first-order chi connectivity index (χ1) is 21.7. The standard InChI is InChI=1S/C42H32N2/c1-2-43-41-14-8-7-13-39(41)40-26-19-31(27-42(40)43)16-15-30-17-22-36(23-18-30)44(37-24-20-32-9-3-5-11-34(32)28-37)38-25-21-33-10-4-6-12-35(33)29-38/h3-29H,2H2,1H3/b16-15+. The van der Waals surface area contributed by atoms with E-state index in [0.29, 0.717) is 0 Å². The summed E-state index contributed by atoms with van der Waals surface area (Å²) in [7, 11) is 0. The van der Waals surface area contributed by atoms with Crippen molar-refractivity contribution in [3.05, 3.63) is 163 Å². The summed E-state index contributed by atoms with van der Waals surface area (Å²) < 4.78 is 2.41. The first-order valence-corrected chi connectivity index (χ1v) is 15.3. The van der Waals surface area contributed by atoms with E-state index in [1.165, 1.54) is 54.5 Å². The van der Waals surface area contributed by atoms with Crippen molar-refractivity contribution in [2.45, 2.75) is 13.5 Å². The van der Waals surface area contributed by atoms with Crippen LogP contribution in [0.1, 0.15) is 18.1 Å². The van der Waals surface area contributed by atoms with Crippen molar-refractivity contribution in [2.24, 2.45) is 0 Å². The van der Waals surface area contributed by atoms with Crippen LogP contribution in [-0.2, 0) is 6.54 Å². The molecule has 0 unspecified atom stereocenters. The Balaban J connectivity index is 1.15. The quantitative estimate of drug-likeness (QED) is 0.182. The average Bonchev–Trinajstić information content (AvgIpc) is 3.40. The molecule has 0 aliphatic carbocycles. The summed E-state index contributed by atoms with van der Waals surface area (Å²) in [4.78, 5) is 2.35. The number of aromatic nitrogens is 1. The fourth-order valence-corrected chi connectivity index (χ4v) is 6.52. The van der Waals surface area contributed by atoms with Gasteiger partial charge in [0.05, 0.1) is 0 Å². The summed E-state index contributed by atoms with van der Waals surface area (Å²) in [5, 5.41) is 7.58. The molecular formula is C42H32N2. The minimum absolute atomic E-state index is 0.948. The maximum absolute atomic E-state index is 2.41. The lowest BCUT2D eigenvalue weighted by molar-refractivity contribution is 0.827. The molecule has 0 bridgehead atoms. The van der Waals surface area contributed by atoms with Gasteiger partial charge in [-0.3, -0.25) is 0 Å². The number of nitrogens with zero attached hydrogens (tertiary/aromatic N) is 2. The zero-order valence-corrected chi connectivity index (χ0v) is 24.7. The Kier molecular flexibility index (Phi) is 6.46. The topological polar surface area (TPSA) is 8.17 Å². The minimum Gasteiger partial charge on any atom is -0.341 e. The third-order valence-corrected chi connectivity index (χ3v) is 8.72. The predicted octanol–water partition coefficient (Wildman–Crippen LogP) is 11.8. The molecule has 0 aliphatic rings. The number of fused-ring (bicyclic) bond motifs is 5. The van der Waals surface area contributed by atoms with Crippen molar-refractivity contribution in [3.8, 4) is 0 Å². The van der Waals surface area contributed by atoms with E-state index < -0.39 is 0 Å². The molecule has 0 spiro atoms. The van der Waals surface area contributed by atoms with Crippen LogP contribution in [0.15, 0.2) is 152 Å². The van der Waals surface area contributed by atoms with Crippen LogP contribution in [0.2, 0.25) is 0 Å². The molecule has 1 aromatic heterocycles. The normalized spacial score (nSPS) is 11.8. The van der Waals surface area contributed by atoms with Crippen LogP contribution < -0.4 is 4.90 Å². The van der Waals surface area contributed by atoms with Gasteiger partial charge in [-0.25, -0.2) is 0 Å². The average molecular weight is 565 g/mol. The Bertz CT molecular complexity index is 2240. The maximum Gasteiger partial charge on any atom is 0.0497 e. The second-order valence-electron chi connectivity index (χ2n) is 11.4.